The zero-order valence-corrected chi connectivity index (χ0v) is 21.7. The molecule has 0 fully saturated rings. The highest BCUT2D eigenvalue weighted by molar-refractivity contribution is 7.92. The second kappa shape index (κ2) is 11.5. The van der Waals surface area contributed by atoms with Gasteiger partial charge in [0.2, 0.25) is 5.91 Å². The first-order valence-corrected chi connectivity index (χ1v) is 12.9. The molecule has 0 bridgehead atoms. The fraction of sp³-hybridized carbons (Fsp3) is 0.269. The van der Waals surface area contributed by atoms with Crippen LogP contribution in [0.5, 0.6) is 11.5 Å². The van der Waals surface area contributed by atoms with E-state index in [1.54, 1.807) is 31.4 Å². The molecule has 3 rings (SSSR count). The van der Waals surface area contributed by atoms with E-state index in [2.05, 4.69) is 5.32 Å². The lowest BCUT2D eigenvalue weighted by Crippen LogP contribution is -2.42. The number of benzene rings is 3. The maximum atomic E-state index is 13.6. The smallest absolute Gasteiger partial charge is 0.264 e. The molecule has 0 radical (unpaired) electrons. The van der Waals surface area contributed by atoms with Crippen LogP contribution in [-0.2, 0) is 14.8 Å². The Hall–Kier alpha value is -3.23. The third-order valence-electron chi connectivity index (χ3n) is 5.58. The van der Waals surface area contributed by atoms with Crippen molar-refractivity contribution < 1.29 is 22.7 Å². The third-order valence-corrected chi connectivity index (χ3v) is 7.66. The monoisotopic (exact) mass is 516 g/mol. The maximum absolute atomic E-state index is 13.6. The number of carbonyl (C=O) groups excluding carboxylic acids is 1. The molecule has 0 aliphatic carbocycles. The van der Waals surface area contributed by atoms with Gasteiger partial charge in [-0.05, 0) is 61.4 Å². The van der Waals surface area contributed by atoms with Gasteiger partial charge in [-0.2, -0.15) is 0 Å². The van der Waals surface area contributed by atoms with Gasteiger partial charge in [0.25, 0.3) is 10.0 Å². The van der Waals surface area contributed by atoms with E-state index in [1.807, 2.05) is 38.1 Å². The Labute approximate surface area is 211 Å². The molecule has 7 nitrogen and oxygen atoms in total. The first kappa shape index (κ1) is 26.4. The van der Waals surface area contributed by atoms with Gasteiger partial charge in [0.05, 0.1) is 35.9 Å². The molecule has 9 heteroatoms. The topological polar surface area (TPSA) is 84.9 Å². The standard InChI is InChI=1S/C26H29ClN2O5S/c1-5-24(19-8-11-21(33-3)12-9-19)28-26(30)17-29(20-10-15-25(34-4)23(27)16-20)35(31,32)22-13-6-18(2)7-14-22/h6-16,24H,5,17H2,1-4H3,(H,28,30)/t24-/m0/s1. The van der Waals surface area contributed by atoms with Gasteiger partial charge >= 0.3 is 0 Å². The summed E-state index contributed by atoms with van der Waals surface area (Å²) in [7, 11) is -1.00. The summed E-state index contributed by atoms with van der Waals surface area (Å²) in [5, 5.41) is 3.18. The van der Waals surface area contributed by atoms with Crippen molar-refractivity contribution in [3.05, 3.63) is 82.9 Å². The van der Waals surface area contributed by atoms with E-state index >= 15 is 0 Å². The number of sulfonamides is 1. The van der Waals surface area contributed by atoms with Gasteiger partial charge in [-0.3, -0.25) is 9.10 Å². The first-order chi connectivity index (χ1) is 16.7. The molecule has 0 saturated carbocycles. The van der Waals surface area contributed by atoms with E-state index in [4.69, 9.17) is 21.1 Å². The molecule has 0 aliphatic heterocycles. The molecule has 186 valence electrons. The molecular formula is C26H29ClN2O5S. The summed E-state index contributed by atoms with van der Waals surface area (Å²) in [6.45, 7) is 3.39. The Morgan fingerprint density at radius 2 is 1.66 bits per heavy atom. The first-order valence-electron chi connectivity index (χ1n) is 11.1. The zero-order chi connectivity index (χ0) is 25.6. The minimum Gasteiger partial charge on any atom is -0.497 e. The lowest BCUT2D eigenvalue weighted by molar-refractivity contribution is -0.120. The van der Waals surface area contributed by atoms with Crippen LogP contribution in [0.25, 0.3) is 0 Å². The Morgan fingerprint density at radius 1 is 1.00 bits per heavy atom. The number of hydrogen-bond acceptors (Lipinski definition) is 5. The van der Waals surface area contributed by atoms with Crippen LogP contribution in [0, 0.1) is 6.92 Å². The van der Waals surface area contributed by atoms with Gasteiger partial charge in [0.15, 0.2) is 0 Å². The number of ether oxygens (including phenoxy) is 2. The van der Waals surface area contributed by atoms with Crippen molar-refractivity contribution >= 4 is 33.2 Å². The van der Waals surface area contributed by atoms with Crippen LogP contribution in [-0.4, -0.2) is 35.1 Å². The number of aryl methyl sites for hydroxylation is 1. The van der Waals surface area contributed by atoms with Crippen LogP contribution in [0.1, 0.15) is 30.5 Å². The number of nitrogens with zero attached hydrogens (tertiary/aromatic N) is 1. The average Bonchev–Trinajstić information content (AvgIpc) is 2.86. The SMILES string of the molecule is CC[C@H](NC(=O)CN(c1ccc(OC)c(Cl)c1)S(=O)(=O)c1ccc(C)cc1)c1ccc(OC)cc1. The van der Waals surface area contributed by atoms with Crippen molar-refractivity contribution in [1.82, 2.24) is 5.32 Å². The lowest BCUT2D eigenvalue weighted by Gasteiger charge is -2.26. The van der Waals surface area contributed by atoms with Crippen LogP contribution in [0.4, 0.5) is 5.69 Å². The minimum atomic E-state index is -4.06. The molecule has 0 spiro atoms. The number of hydrogen-bond donors (Lipinski definition) is 1. The molecule has 1 N–H and O–H groups in total. The van der Waals surface area contributed by atoms with Crippen LogP contribution >= 0.6 is 11.6 Å². The number of rotatable bonds is 10. The highest BCUT2D eigenvalue weighted by Crippen LogP contribution is 2.32. The molecule has 3 aromatic carbocycles. The number of methoxy groups -OCH3 is 2. The number of nitrogens with one attached hydrogen (secondary N) is 1. The molecule has 35 heavy (non-hydrogen) atoms. The van der Waals surface area contributed by atoms with E-state index in [-0.39, 0.29) is 21.6 Å². The number of amides is 1. The molecule has 1 amide bonds. The Kier molecular flexibility index (Phi) is 8.64. The van der Waals surface area contributed by atoms with E-state index in [0.717, 1.165) is 15.4 Å². The molecule has 0 saturated heterocycles. The normalized spacial score (nSPS) is 12.0. The van der Waals surface area contributed by atoms with Crippen molar-refractivity contribution in [3.8, 4) is 11.5 Å². The van der Waals surface area contributed by atoms with Crippen LogP contribution < -0.4 is 19.1 Å². The summed E-state index contributed by atoms with van der Waals surface area (Å²) < 4.78 is 38.6. The molecule has 0 unspecified atom stereocenters. The molecule has 0 aromatic heterocycles. The van der Waals surface area contributed by atoms with Crippen molar-refractivity contribution in [3.63, 3.8) is 0 Å². The van der Waals surface area contributed by atoms with E-state index in [9.17, 15) is 13.2 Å². The predicted octanol–water partition coefficient (Wildman–Crippen LogP) is 5.13. The van der Waals surface area contributed by atoms with E-state index in [1.165, 1.54) is 25.3 Å². The van der Waals surface area contributed by atoms with Gasteiger partial charge in [-0.1, -0.05) is 48.4 Å². The van der Waals surface area contributed by atoms with Gasteiger partial charge in [-0.25, -0.2) is 8.42 Å². The van der Waals surface area contributed by atoms with Crippen LogP contribution in [0.2, 0.25) is 5.02 Å². The largest absolute Gasteiger partial charge is 0.497 e. The minimum absolute atomic E-state index is 0.0741. The van der Waals surface area contributed by atoms with Crippen LogP contribution in [0.3, 0.4) is 0 Å². The second-order valence-electron chi connectivity index (χ2n) is 7.95. The molecular weight excluding hydrogens is 488 g/mol. The quantitative estimate of drug-likeness (QED) is 0.404. The van der Waals surface area contributed by atoms with Crippen molar-refractivity contribution in [2.45, 2.75) is 31.2 Å². The predicted molar refractivity (Wildman–Crippen MR) is 138 cm³/mol. The van der Waals surface area contributed by atoms with Crippen molar-refractivity contribution in [2.75, 3.05) is 25.1 Å². The molecule has 0 heterocycles. The van der Waals surface area contributed by atoms with Crippen molar-refractivity contribution in [1.29, 1.82) is 0 Å². The number of anilines is 1. The summed E-state index contributed by atoms with van der Waals surface area (Å²) in [5.41, 5.74) is 2.07. The Bertz CT molecular complexity index is 1260. The number of carbonyl (C=O) groups is 1. The maximum Gasteiger partial charge on any atom is 0.264 e. The fourth-order valence-corrected chi connectivity index (χ4v) is 5.26. The summed E-state index contributed by atoms with van der Waals surface area (Å²) >= 11 is 6.28. The summed E-state index contributed by atoms with van der Waals surface area (Å²) in [6.07, 6.45) is 0.622. The average molecular weight is 517 g/mol. The summed E-state index contributed by atoms with van der Waals surface area (Å²) in [4.78, 5) is 13.2. The third kappa shape index (κ3) is 6.26. The molecule has 3 aromatic rings. The highest BCUT2D eigenvalue weighted by atomic mass is 35.5. The van der Waals surface area contributed by atoms with E-state index < -0.39 is 22.5 Å². The second-order valence-corrected chi connectivity index (χ2v) is 10.2. The summed E-state index contributed by atoms with van der Waals surface area (Å²) in [5.74, 6) is 0.662. The Morgan fingerprint density at radius 3 is 2.20 bits per heavy atom. The Balaban J connectivity index is 1.93. The van der Waals surface area contributed by atoms with Crippen molar-refractivity contribution in [2.24, 2.45) is 0 Å². The zero-order valence-electron chi connectivity index (χ0n) is 20.1. The number of halogens is 1. The molecule has 0 aliphatic rings. The molecule has 1 atom stereocenters. The van der Waals surface area contributed by atoms with Gasteiger partial charge in [0, 0.05) is 0 Å². The highest BCUT2D eigenvalue weighted by Gasteiger charge is 2.28. The summed E-state index contributed by atoms with van der Waals surface area (Å²) in [6, 6.07) is 18.1. The lowest BCUT2D eigenvalue weighted by atomic mass is 10.0. The fourth-order valence-electron chi connectivity index (χ4n) is 3.59. The van der Waals surface area contributed by atoms with Gasteiger partial charge in [0.1, 0.15) is 18.0 Å². The van der Waals surface area contributed by atoms with Gasteiger partial charge in [-0.15, -0.1) is 0 Å². The van der Waals surface area contributed by atoms with E-state index in [0.29, 0.717) is 17.9 Å². The van der Waals surface area contributed by atoms with Crippen LogP contribution in [0.15, 0.2) is 71.6 Å². The van der Waals surface area contributed by atoms with Gasteiger partial charge < -0.3 is 14.8 Å².